The van der Waals surface area contributed by atoms with Gasteiger partial charge in [-0.1, -0.05) is 0 Å². The summed E-state index contributed by atoms with van der Waals surface area (Å²) in [5, 5.41) is 12.7. The Hall–Kier alpha value is -2.89. The van der Waals surface area contributed by atoms with Crippen LogP contribution in [-0.4, -0.2) is 27.8 Å². The Labute approximate surface area is 115 Å². The third-order valence-electron chi connectivity index (χ3n) is 2.59. The molecule has 2 N–H and O–H groups in total. The van der Waals surface area contributed by atoms with Crippen molar-refractivity contribution in [3.8, 4) is 5.69 Å². The van der Waals surface area contributed by atoms with Crippen molar-refractivity contribution in [2.45, 2.75) is 6.92 Å². The van der Waals surface area contributed by atoms with E-state index in [-0.39, 0.29) is 11.5 Å². The molecular weight excluding hydrogens is 258 g/mol. The van der Waals surface area contributed by atoms with Crippen molar-refractivity contribution < 1.29 is 14.7 Å². The van der Waals surface area contributed by atoms with Crippen LogP contribution in [0.2, 0.25) is 0 Å². The van der Waals surface area contributed by atoms with Gasteiger partial charge in [0.1, 0.15) is 0 Å². The smallest absolute Gasteiger partial charge is 0.335 e. The fourth-order valence-corrected chi connectivity index (χ4v) is 1.69. The molecule has 0 bridgehead atoms. The van der Waals surface area contributed by atoms with E-state index in [4.69, 9.17) is 5.11 Å². The molecule has 0 radical (unpaired) electrons. The minimum absolute atomic E-state index is 0.231. The summed E-state index contributed by atoms with van der Waals surface area (Å²) in [7, 11) is 0. The molecule has 6 nitrogen and oxygen atoms in total. The second-order valence-electron chi connectivity index (χ2n) is 4.08. The third kappa shape index (κ3) is 3.11. The number of hydrazone groups is 1. The van der Waals surface area contributed by atoms with Crippen LogP contribution >= 0.6 is 0 Å². The van der Waals surface area contributed by atoms with Gasteiger partial charge in [-0.05, 0) is 36.4 Å². The van der Waals surface area contributed by atoms with Gasteiger partial charge in [0.05, 0.1) is 17.5 Å². The summed E-state index contributed by atoms with van der Waals surface area (Å²) in [5.41, 5.74) is 4.13. The summed E-state index contributed by atoms with van der Waals surface area (Å²) in [6.07, 6.45) is 3.34. The van der Waals surface area contributed by atoms with Crippen molar-refractivity contribution in [2.75, 3.05) is 0 Å². The van der Waals surface area contributed by atoms with Gasteiger partial charge in [0.2, 0.25) is 5.91 Å². The molecule has 0 aliphatic carbocycles. The summed E-state index contributed by atoms with van der Waals surface area (Å²) in [6.45, 7) is 1.38. The van der Waals surface area contributed by atoms with Gasteiger partial charge in [0.25, 0.3) is 0 Å². The van der Waals surface area contributed by atoms with E-state index in [0.29, 0.717) is 0 Å². The Balaban J connectivity index is 2.25. The minimum atomic E-state index is -0.962. The Morgan fingerprint density at radius 3 is 2.55 bits per heavy atom. The number of rotatable bonds is 4. The van der Waals surface area contributed by atoms with E-state index < -0.39 is 5.97 Å². The van der Waals surface area contributed by atoms with Gasteiger partial charge in [0.15, 0.2) is 0 Å². The highest BCUT2D eigenvalue weighted by molar-refractivity contribution is 5.88. The lowest BCUT2D eigenvalue weighted by Gasteiger charge is -2.06. The first-order valence-electron chi connectivity index (χ1n) is 5.88. The highest BCUT2D eigenvalue weighted by Crippen LogP contribution is 2.13. The number of carbonyl (C=O) groups excluding carboxylic acids is 1. The van der Waals surface area contributed by atoms with Crippen LogP contribution in [0.3, 0.4) is 0 Å². The predicted molar refractivity (Wildman–Crippen MR) is 74.1 cm³/mol. The Bertz CT molecular complexity index is 657. The number of hydrogen-bond acceptors (Lipinski definition) is 3. The van der Waals surface area contributed by atoms with Gasteiger partial charge in [-0.2, -0.15) is 5.10 Å². The largest absolute Gasteiger partial charge is 0.478 e. The summed E-state index contributed by atoms with van der Waals surface area (Å²) < 4.78 is 1.83. The first-order chi connectivity index (χ1) is 9.58. The third-order valence-corrected chi connectivity index (χ3v) is 2.59. The first-order valence-corrected chi connectivity index (χ1v) is 5.88. The molecule has 0 fully saturated rings. The van der Waals surface area contributed by atoms with Gasteiger partial charge < -0.3 is 9.67 Å². The number of benzene rings is 1. The van der Waals surface area contributed by atoms with E-state index in [1.807, 2.05) is 22.9 Å². The maximum Gasteiger partial charge on any atom is 0.335 e. The molecule has 1 heterocycles. The molecular formula is C14H13N3O3. The standard InChI is InChI=1S/C14H13N3O3/c1-10(18)16-15-9-13-3-2-8-17(13)12-6-4-11(5-7-12)14(19)20/h2-9H,1H3,(H,16,18)(H,19,20)/b15-9-. The SMILES string of the molecule is CC(=O)N/N=C\c1cccn1-c1ccc(C(=O)O)cc1. The number of carboxylic acids is 1. The summed E-state index contributed by atoms with van der Waals surface area (Å²) in [6, 6.07) is 10.1. The maximum absolute atomic E-state index is 10.8. The number of hydrogen-bond donors (Lipinski definition) is 2. The lowest BCUT2D eigenvalue weighted by molar-refractivity contribution is -0.118. The molecule has 1 amide bonds. The fourth-order valence-electron chi connectivity index (χ4n) is 1.69. The average molecular weight is 271 g/mol. The van der Waals surface area contributed by atoms with Gasteiger partial charge in [0, 0.05) is 18.8 Å². The molecule has 20 heavy (non-hydrogen) atoms. The molecule has 0 spiro atoms. The number of carbonyl (C=O) groups is 2. The molecule has 0 unspecified atom stereocenters. The molecule has 0 saturated carbocycles. The molecule has 0 saturated heterocycles. The number of nitrogens with zero attached hydrogens (tertiary/aromatic N) is 2. The van der Waals surface area contributed by atoms with Gasteiger partial charge in [-0.25, -0.2) is 10.2 Å². The molecule has 0 atom stereocenters. The molecule has 6 heteroatoms. The first kappa shape index (κ1) is 13.5. The van der Waals surface area contributed by atoms with Gasteiger partial charge in [-0.15, -0.1) is 0 Å². The molecule has 2 aromatic rings. The lowest BCUT2D eigenvalue weighted by atomic mass is 10.2. The van der Waals surface area contributed by atoms with E-state index in [2.05, 4.69) is 10.5 Å². The van der Waals surface area contributed by atoms with Crippen molar-refractivity contribution in [3.63, 3.8) is 0 Å². The zero-order valence-electron chi connectivity index (χ0n) is 10.8. The van der Waals surface area contributed by atoms with Crippen molar-refractivity contribution in [2.24, 2.45) is 5.10 Å². The van der Waals surface area contributed by atoms with E-state index >= 15 is 0 Å². The number of carboxylic acid groups (broad SMARTS) is 1. The fraction of sp³-hybridized carbons (Fsp3) is 0.0714. The van der Waals surface area contributed by atoms with Crippen LogP contribution in [0.1, 0.15) is 23.0 Å². The quantitative estimate of drug-likeness (QED) is 0.655. The number of nitrogens with one attached hydrogen (secondary N) is 1. The number of aromatic carboxylic acids is 1. The molecule has 102 valence electrons. The molecule has 0 aliphatic rings. The summed E-state index contributed by atoms with van der Waals surface area (Å²) in [4.78, 5) is 21.5. The maximum atomic E-state index is 10.8. The zero-order valence-corrected chi connectivity index (χ0v) is 10.8. The van der Waals surface area contributed by atoms with E-state index in [0.717, 1.165) is 11.4 Å². The minimum Gasteiger partial charge on any atom is -0.478 e. The predicted octanol–water partition coefficient (Wildman–Crippen LogP) is 1.65. The molecule has 1 aromatic heterocycles. The highest BCUT2D eigenvalue weighted by Gasteiger charge is 2.04. The zero-order chi connectivity index (χ0) is 14.5. The summed E-state index contributed by atoms with van der Waals surface area (Å²) >= 11 is 0. The highest BCUT2D eigenvalue weighted by atomic mass is 16.4. The second-order valence-corrected chi connectivity index (χ2v) is 4.08. The Morgan fingerprint density at radius 1 is 1.25 bits per heavy atom. The number of amides is 1. The van der Waals surface area contributed by atoms with Crippen molar-refractivity contribution in [3.05, 3.63) is 53.9 Å². The van der Waals surface area contributed by atoms with E-state index in [1.165, 1.54) is 25.3 Å². The van der Waals surface area contributed by atoms with Crippen molar-refractivity contribution in [1.82, 2.24) is 9.99 Å². The van der Waals surface area contributed by atoms with Crippen LogP contribution in [0.5, 0.6) is 0 Å². The topological polar surface area (TPSA) is 83.7 Å². The normalized spacial score (nSPS) is 10.7. The average Bonchev–Trinajstić information content (AvgIpc) is 2.87. The number of aromatic nitrogens is 1. The van der Waals surface area contributed by atoms with Gasteiger partial charge >= 0.3 is 5.97 Å². The monoisotopic (exact) mass is 271 g/mol. The van der Waals surface area contributed by atoms with Crippen LogP contribution in [0, 0.1) is 0 Å². The lowest BCUT2D eigenvalue weighted by Crippen LogP contribution is -2.12. The van der Waals surface area contributed by atoms with Crippen molar-refractivity contribution in [1.29, 1.82) is 0 Å². The van der Waals surface area contributed by atoms with Crippen LogP contribution in [0.15, 0.2) is 47.7 Å². The molecule has 2 rings (SSSR count). The second kappa shape index (κ2) is 5.83. The van der Waals surface area contributed by atoms with Gasteiger partial charge in [-0.3, -0.25) is 4.79 Å². The molecule has 0 aliphatic heterocycles. The molecule has 1 aromatic carbocycles. The van der Waals surface area contributed by atoms with Crippen LogP contribution < -0.4 is 5.43 Å². The summed E-state index contributed by atoms with van der Waals surface area (Å²) in [5.74, 6) is -1.21. The van der Waals surface area contributed by atoms with Crippen LogP contribution in [0.25, 0.3) is 5.69 Å². The van der Waals surface area contributed by atoms with E-state index in [1.54, 1.807) is 12.1 Å². The Kier molecular flexibility index (Phi) is 3.95. The van der Waals surface area contributed by atoms with Crippen molar-refractivity contribution >= 4 is 18.1 Å². The van der Waals surface area contributed by atoms with Crippen LogP contribution in [0.4, 0.5) is 0 Å². The van der Waals surface area contributed by atoms with E-state index in [9.17, 15) is 9.59 Å². The Morgan fingerprint density at radius 2 is 1.95 bits per heavy atom. The van der Waals surface area contributed by atoms with Crippen LogP contribution in [-0.2, 0) is 4.79 Å².